The molecular formula is C11H13ClF3NO. The summed E-state index contributed by atoms with van der Waals surface area (Å²) in [6.45, 7) is -0.214. The molecule has 2 nitrogen and oxygen atoms in total. The minimum absolute atomic E-state index is 0.174. The van der Waals surface area contributed by atoms with E-state index in [9.17, 15) is 13.2 Å². The molecule has 6 heteroatoms. The highest BCUT2D eigenvalue weighted by molar-refractivity contribution is 6.30. The summed E-state index contributed by atoms with van der Waals surface area (Å²) in [4.78, 5) is 0. The van der Waals surface area contributed by atoms with Gasteiger partial charge in [0.1, 0.15) is 0 Å². The summed E-state index contributed by atoms with van der Waals surface area (Å²) in [7, 11) is 0. The van der Waals surface area contributed by atoms with Crippen LogP contribution < -0.4 is 5.32 Å². The normalized spacial score (nSPS) is 11.8. The van der Waals surface area contributed by atoms with Gasteiger partial charge in [0.2, 0.25) is 0 Å². The average molecular weight is 268 g/mol. The van der Waals surface area contributed by atoms with E-state index in [2.05, 4.69) is 5.32 Å². The lowest BCUT2D eigenvalue weighted by molar-refractivity contribution is -0.125. The van der Waals surface area contributed by atoms with Gasteiger partial charge in [0.15, 0.2) is 0 Å². The van der Waals surface area contributed by atoms with Crippen LogP contribution in [0.5, 0.6) is 0 Å². The molecule has 0 atom stereocenters. The Morgan fingerprint density at radius 1 is 1.18 bits per heavy atom. The van der Waals surface area contributed by atoms with E-state index in [4.69, 9.17) is 16.3 Å². The third kappa shape index (κ3) is 7.20. The Bertz CT molecular complexity index is 326. The highest BCUT2D eigenvalue weighted by Gasteiger charge is 2.25. The Morgan fingerprint density at radius 3 is 2.41 bits per heavy atom. The molecule has 0 fully saturated rings. The molecule has 1 aromatic carbocycles. The van der Waals surface area contributed by atoms with Gasteiger partial charge in [-0.25, -0.2) is 0 Å². The summed E-state index contributed by atoms with van der Waals surface area (Å²) >= 11 is 5.70. The van der Waals surface area contributed by atoms with E-state index in [0.717, 1.165) is 5.56 Å². The monoisotopic (exact) mass is 267 g/mol. The fourth-order valence-corrected chi connectivity index (χ4v) is 1.27. The standard InChI is InChI=1S/C11H13ClF3NO/c12-10-3-1-9(2-4-10)7-17-6-5-16-8-11(13,14)15/h1-4,16H,5-8H2. The Labute approximate surface area is 103 Å². The summed E-state index contributed by atoms with van der Waals surface area (Å²) in [5, 5.41) is 2.89. The van der Waals surface area contributed by atoms with Crippen molar-refractivity contribution in [3.05, 3.63) is 34.9 Å². The molecule has 0 bridgehead atoms. The van der Waals surface area contributed by atoms with Crippen molar-refractivity contribution >= 4 is 11.6 Å². The van der Waals surface area contributed by atoms with E-state index in [1.807, 2.05) is 12.1 Å². The number of benzene rings is 1. The van der Waals surface area contributed by atoms with Crippen molar-refractivity contribution in [1.82, 2.24) is 5.32 Å². The van der Waals surface area contributed by atoms with Gasteiger partial charge in [0, 0.05) is 11.6 Å². The first-order chi connectivity index (χ1) is 7.97. The van der Waals surface area contributed by atoms with Crippen LogP contribution in [0.25, 0.3) is 0 Å². The van der Waals surface area contributed by atoms with Crippen LogP contribution in [-0.2, 0) is 11.3 Å². The lowest BCUT2D eigenvalue weighted by atomic mass is 10.2. The maximum absolute atomic E-state index is 11.8. The van der Waals surface area contributed by atoms with Crippen molar-refractivity contribution in [2.24, 2.45) is 0 Å². The maximum Gasteiger partial charge on any atom is 0.401 e. The van der Waals surface area contributed by atoms with Crippen molar-refractivity contribution in [3.63, 3.8) is 0 Å². The molecule has 1 N–H and O–H groups in total. The second kappa shape index (κ2) is 6.83. The molecule has 0 saturated heterocycles. The second-order valence-electron chi connectivity index (χ2n) is 3.47. The highest BCUT2D eigenvalue weighted by atomic mass is 35.5. The first kappa shape index (κ1) is 14.3. The van der Waals surface area contributed by atoms with E-state index in [1.165, 1.54) is 0 Å². The molecule has 0 unspecified atom stereocenters. The quantitative estimate of drug-likeness (QED) is 0.800. The number of hydrogen-bond donors (Lipinski definition) is 1. The molecule has 0 saturated carbocycles. The minimum atomic E-state index is -4.17. The molecule has 1 aromatic rings. The van der Waals surface area contributed by atoms with Gasteiger partial charge in [-0.3, -0.25) is 0 Å². The van der Waals surface area contributed by atoms with Gasteiger partial charge in [-0.05, 0) is 17.7 Å². The van der Waals surface area contributed by atoms with Gasteiger partial charge in [-0.2, -0.15) is 13.2 Å². The van der Waals surface area contributed by atoms with E-state index in [-0.39, 0.29) is 13.2 Å². The first-order valence-corrected chi connectivity index (χ1v) is 5.45. The van der Waals surface area contributed by atoms with Gasteiger partial charge in [0.25, 0.3) is 0 Å². The van der Waals surface area contributed by atoms with Crippen molar-refractivity contribution in [1.29, 1.82) is 0 Å². The van der Waals surface area contributed by atoms with Crippen molar-refractivity contribution in [2.45, 2.75) is 12.8 Å². The fraction of sp³-hybridized carbons (Fsp3) is 0.455. The van der Waals surface area contributed by atoms with Crippen LogP contribution >= 0.6 is 11.6 Å². The number of ether oxygens (including phenoxy) is 1. The molecule has 0 aliphatic rings. The summed E-state index contributed by atoms with van der Waals surface area (Å²) in [6, 6.07) is 7.10. The van der Waals surface area contributed by atoms with Gasteiger partial charge in [0.05, 0.1) is 19.8 Å². The van der Waals surface area contributed by atoms with Crippen LogP contribution in [0.2, 0.25) is 5.02 Å². The topological polar surface area (TPSA) is 21.3 Å². The van der Waals surface area contributed by atoms with Crippen molar-refractivity contribution in [3.8, 4) is 0 Å². The smallest absolute Gasteiger partial charge is 0.375 e. The SMILES string of the molecule is FC(F)(F)CNCCOCc1ccc(Cl)cc1. The molecule has 0 radical (unpaired) electrons. The molecule has 17 heavy (non-hydrogen) atoms. The second-order valence-corrected chi connectivity index (χ2v) is 3.91. The Morgan fingerprint density at radius 2 is 1.82 bits per heavy atom. The van der Waals surface area contributed by atoms with E-state index in [0.29, 0.717) is 11.6 Å². The lowest BCUT2D eigenvalue weighted by Crippen LogP contribution is -2.31. The minimum Gasteiger partial charge on any atom is -0.375 e. The van der Waals surface area contributed by atoms with Crippen LogP contribution in [0.3, 0.4) is 0 Å². The third-order valence-corrected chi connectivity index (χ3v) is 2.18. The lowest BCUT2D eigenvalue weighted by Gasteiger charge is -2.08. The molecular weight excluding hydrogens is 255 g/mol. The third-order valence-electron chi connectivity index (χ3n) is 1.93. The van der Waals surface area contributed by atoms with Gasteiger partial charge < -0.3 is 10.1 Å². The predicted molar refractivity (Wildman–Crippen MR) is 60.0 cm³/mol. The van der Waals surface area contributed by atoms with E-state index >= 15 is 0 Å². The summed E-state index contributed by atoms with van der Waals surface area (Å²) in [5.74, 6) is 0. The number of hydrogen-bond acceptors (Lipinski definition) is 2. The largest absolute Gasteiger partial charge is 0.401 e. The molecule has 0 aliphatic heterocycles. The number of nitrogens with one attached hydrogen (secondary N) is 1. The van der Waals surface area contributed by atoms with E-state index < -0.39 is 12.7 Å². The number of alkyl halides is 3. The molecule has 0 spiro atoms. The van der Waals surface area contributed by atoms with Crippen molar-refractivity contribution in [2.75, 3.05) is 19.7 Å². The van der Waals surface area contributed by atoms with E-state index in [1.54, 1.807) is 12.1 Å². The molecule has 0 aliphatic carbocycles. The Hall–Kier alpha value is -0.780. The fourth-order valence-electron chi connectivity index (χ4n) is 1.15. The molecule has 1 rings (SSSR count). The molecule has 0 amide bonds. The van der Waals surface area contributed by atoms with Crippen LogP contribution in [0.15, 0.2) is 24.3 Å². The van der Waals surface area contributed by atoms with Gasteiger partial charge in [-0.15, -0.1) is 0 Å². The van der Waals surface area contributed by atoms with Crippen LogP contribution in [-0.4, -0.2) is 25.9 Å². The zero-order valence-electron chi connectivity index (χ0n) is 9.06. The molecule has 96 valence electrons. The number of halogens is 4. The maximum atomic E-state index is 11.8. The predicted octanol–water partition coefficient (Wildman–Crippen LogP) is 3.01. The van der Waals surface area contributed by atoms with Crippen molar-refractivity contribution < 1.29 is 17.9 Å². The number of rotatable bonds is 6. The Balaban J connectivity index is 2.07. The Kier molecular flexibility index (Phi) is 5.74. The first-order valence-electron chi connectivity index (χ1n) is 5.07. The highest BCUT2D eigenvalue weighted by Crippen LogP contribution is 2.12. The average Bonchev–Trinajstić information content (AvgIpc) is 2.24. The van der Waals surface area contributed by atoms with Gasteiger partial charge >= 0.3 is 6.18 Å². The zero-order chi connectivity index (χ0) is 12.7. The zero-order valence-corrected chi connectivity index (χ0v) is 9.81. The van der Waals surface area contributed by atoms with Crippen LogP contribution in [0, 0.1) is 0 Å². The molecule has 0 heterocycles. The van der Waals surface area contributed by atoms with Crippen LogP contribution in [0.1, 0.15) is 5.56 Å². The van der Waals surface area contributed by atoms with Crippen LogP contribution in [0.4, 0.5) is 13.2 Å². The summed E-state index contributed by atoms with van der Waals surface area (Å²) < 4.78 is 40.5. The summed E-state index contributed by atoms with van der Waals surface area (Å²) in [6.07, 6.45) is -4.17. The molecule has 0 aromatic heterocycles. The summed E-state index contributed by atoms with van der Waals surface area (Å²) in [5.41, 5.74) is 0.935. The van der Waals surface area contributed by atoms with Gasteiger partial charge in [-0.1, -0.05) is 23.7 Å².